The van der Waals surface area contributed by atoms with Crippen LogP contribution in [0.1, 0.15) is 35.7 Å². The van der Waals surface area contributed by atoms with Gasteiger partial charge in [-0.3, -0.25) is 4.79 Å². The molecule has 0 unspecified atom stereocenters. The number of nitrogen functional groups attached to an aromatic ring is 1. The van der Waals surface area contributed by atoms with Gasteiger partial charge >= 0.3 is 0 Å². The number of nitrogens with zero attached hydrogens (tertiary/aromatic N) is 1. The third kappa shape index (κ3) is 5.31. The molecule has 1 aromatic carbocycles. The predicted octanol–water partition coefficient (Wildman–Crippen LogP) is 3.47. The van der Waals surface area contributed by atoms with Crippen molar-refractivity contribution < 1.29 is 13.9 Å². The van der Waals surface area contributed by atoms with Crippen molar-refractivity contribution >= 4 is 11.7 Å². The average Bonchev–Trinajstić information content (AvgIpc) is 2.62. The highest BCUT2D eigenvalue weighted by atomic mass is 19.1. The quantitative estimate of drug-likeness (QED) is 0.568. The zero-order valence-electron chi connectivity index (χ0n) is 14.2. The molecule has 3 N–H and O–H groups in total. The lowest BCUT2D eigenvalue weighted by Gasteiger charge is -2.11. The number of allylic oxidation sites excluding steroid dienone is 2. The highest BCUT2D eigenvalue weighted by molar-refractivity contribution is 5.98. The fourth-order valence-corrected chi connectivity index (χ4v) is 2.23. The molecule has 5 nitrogen and oxygen atoms in total. The highest BCUT2D eigenvalue weighted by Gasteiger charge is 2.13. The van der Waals surface area contributed by atoms with Crippen LogP contribution in [0.15, 0.2) is 48.7 Å². The monoisotopic (exact) mass is 343 g/mol. The molecule has 0 fully saturated rings. The minimum absolute atomic E-state index is 0.0365. The molecular formula is C19H22FN3O2. The van der Waals surface area contributed by atoms with Crippen LogP contribution in [0, 0.1) is 5.82 Å². The normalized spacial score (nSPS) is 10.8. The second kappa shape index (κ2) is 9.42. The van der Waals surface area contributed by atoms with E-state index in [2.05, 4.69) is 10.3 Å². The Balaban J connectivity index is 1.95. The molecule has 1 amide bonds. The molecule has 2 rings (SSSR count). The number of carbonyl (C=O) groups excluding carboxylic acids is 1. The van der Waals surface area contributed by atoms with Gasteiger partial charge in [0.25, 0.3) is 5.91 Å². The largest absolute Gasteiger partial charge is 0.490 e. The fourth-order valence-electron chi connectivity index (χ4n) is 2.23. The molecule has 2 aromatic rings. The van der Waals surface area contributed by atoms with Gasteiger partial charge in [0.2, 0.25) is 0 Å². The molecule has 0 spiro atoms. The number of benzene rings is 1. The first-order valence-corrected chi connectivity index (χ1v) is 8.13. The molecule has 0 bridgehead atoms. The summed E-state index contributed by atoms with van der Waals surface area (Å²) in [5.74, 6) is -0.539. The Morgan fingerprint density at radius 1 is 1.36 bits per heavy atom. The molecule has 0 aliphatic rings. The van der Waals surface area contributed by atoms with Crippen molar-refractivity contribution in [1.82, 2.24) is 10.3 Å². The van der Waals surface area contributed by atoms with Gasteiger partial charge in [0.05, 0.1) is 12.2 Å². The molecule has 25 heavy (non-hydrogen) atoms. The minimum Gasteiger partial charge on any atom is -0.490 e. The molecule has 0 saturated carbocycles. The van der Waals surface area contributed by atoms with E-state index in [4.69, 9.17) is 10.5 Å². The molecule has 1 heterocycles. The van der Waals surface area contributed by atoms with Gasteiger partial charge in [-0.25, -0.2) is 9.37 Å². The van der Waals surface area contributed by atoms with Gasteiger partial charge in [-0.15, -0.1) is 0 Å². The van der Waals surface area contributed by atoms with Crippen molar-refractivity contribution in [2.75, 3.05) is 12.3 Å². The Hall–Kier alpha value is -2.89. The lowest BCUT2D eigenvalue weighted by atomic mass is 10.2. The lowest BCUT2D eigenvalue weighted by Crippen LogP contribution is -2.24. The maximum absolute atomic E-state index is 14.5. The first kappa shape index (κ1) is 18.4. The van der Waals surface area contributed by atoms with E-state index in [0.717, 1.165) is 12.8 Å². The maximum Gasteiger partial charge on any atom is 0.255 e. The van der Waals surface area contributed by atoms with Crippen molar-refractivity contribution in [1.29, 1.82) is 0 Å². The van der Waals surface area contributed by atoms with E-state index in [1.165, 1.54) is 6.20 Å². The summed E-state index contributed by atoms with van der Waals surface area (Å²) in [6, 6.07) is 8.07. The summed E-state index contributed by atoms with van der Waals surface area (Å²) >= 11 is 0. The number of amides is 1. The number of unbranched alkanes of at least 4 members (excludes halogenated alkanes) is 1. The highest BCUT2D eigenvalue weighted by Crippen LogP contribution is 2.21. The van der Waals surface area contributed by atoms with E-state index in [-0.39, 0.29) is 23.7 Å². The Bertz CT molecular complexity index is 747. The van der Waals surface area contributed by atoms with E-state index in [1.54, 1.807) is 30.3 Å². The first-order valence-electron chi connectivity index (χ1n) is 8.13. The number of halogens is 1. The van der Waals surface area contributed by atoms with Crippen LogP contribution >= 0.6 is 0 Å². The molecule has 6 heteroatoms. The predicted molar refractivity (Wildman–Crippen MR) is 95.8 cm³/mol. The number of hydrogen-bond acceptors (Lipinski definition) is 4. The summed E-state index contributed by atoms with van der Waals surface area (Å²) in [6.07, 6.45) is 7.21. The Morgan fingerprint density at radius 2 is 2.20 bits per heavy atom. The topological polar surface area (TPSA) is 77.2 Å². The number of anilines is 1. The van der Waals surface area contributed by atoms with E-state index in [1.807, 2.05) is 19.1 Å². The Labute approximate surface area is 146 Å². The maximum atomic E-state index is 14.5. The molecular weight excluding hydrogens is 321 g/mol. The first-order chi connectivity index (χ1) is 12.1. The number of carbonyl (C=O) groups is 1. The van der Waals surface area contributed by atoms with Gasteiger partial charge in [0, 0.05) is 18.3 Å². The number of hydrogen-bond donors (Lipinski definition) is 2. The van der Waals surface area contributed by atoms with Crippen LogP contribution in [0.4, 0.5) is 10.2 Å². The SMILES string of the molecule is CC=CCCCOc1cccc(CNC(=O)c2cccnc2N)c1F. The van der Waals surface area contributed by atoms with Crippen LogP contribution in [0.3, 0.4) is 0 Å². The van der Waals surface area contributed by atoms with Crippen LogP contribution in [0.25, 0.3) is 0 Å². The average molecular weight is 343 g/mol. The zero-order chi connectivity index (χ0) is 18.1. The second-order valence-corrected chi connectivity index (χ2v) is 5.41. The third-order valence-electron chi connectivity index (χ3n) is 3.57. The fraction of sp³-hybridized carbons (Fsp3) is 0.263. The molecule has 0 radical (unpaired) electrons. The van der Waals surface area contributed by atoms with Crippen molar-refractivity contribution in [3.05, 3.63) is 65.6 Å². The standard InChI is InChI=1S/C19H22FN3O2/c1-2-3-4-5-12-25-16-10-6-8-14(17(16)20)13-23-19(24)15-9-7-11-22-18(15)21/h2-3,6-11H,4-5,12-13H2,1H3,(H2,21,22)(H,23,24). The van der Waals surface area contributed by atoms with Crippen molar-refractivity contribution in [3.63, 3.8) is 0 Å². The van der Waals surface area contributed by atoms with Crippen molar-refractivity contribution in [3.8, 4) is 5.75 Å². The summed E-state index contributed by atoms with van der Waals surface area (Å²) in [6.45, 7) is 2.43. The van der Waals surface area contributed by atoms with Crippen LogP contribution in [0.2, 0.25) is 0 Å². The van der Waals surface area contributed by atoms with Gasteiger partial charge in [-0.2, -0.15) is 0 Å². The van der Waals surface area contributed by atoms with Gasteiger partial charge in [-0.05, 0) is 38.0 Å². The smallest absolute Gasteiger partial charge is 0.255 e. The van der Waals surface area contributed by atoms with Crippen LogP contribution in [-0.4, -0.2) is 17.5 Å². The van der Waals surface area contributed by atoms with Gasteiger partial charge in [0.1, 0.15) is 5.82 Å². The third-order valence-corrected chi connectivity index (χ3v) is 3.57. The van der Waals surface area contributed by atoms with Gasteiger partial charge < -0.3 is 15.8 Å². The van der Waals surface area contributed by atoms with E-state index in [0.29, 0.717) is 12.2 Å². The molecule has 1 aromatic heterocycles. The van der Waals surface area contributed by atoms with Gasteiger partial charge in [0.15, 0.2) is 11.6 Å². The number of aromatic nitrogens is 1. The zero-order valence-corrected chi connectivity index (χ0v) is 14.2. The number of nitrogens with one attached hydrogen (secondary N) is 1. The summed E-state index contributed by atoms with van der Waals surface area (Å²) in [5, 5.41) is 2.64. The summed E-state index contributed by atoms with van der Waals surface area (Å²) in [7, 11) is 0. The van der Waals surface area contributed by atoms with E-state index >= 15 is 0 Å². The van der Waals surface area contributed by atoms with Gasteiger partial charge in [-0.1, -0.05) is 24.3 Å². The van der Waals surface area contributed by atoms with Crippen molar-refractivity contribution in [2.45, 2.75) is 26.3 Å². The van der Waals surface area contributed by atoms with Crippen LogP contribution in [0.5, 0.6) is 5.75 Å². The molecule has 0 saturated heterocycles. The summed E-state index contributed by atoms with van der Waals surface area (Å²) in [5.41, 5.74) is 6.28. The second-order valence-electron chi connectivity index (χ2n) is 5.41. The minimum atomic E-state index is -0.465. The number of nitrogens with two attached hydrogens (primary N) is 1. The van der Waals surface area contributed by atoms with E-state index in [9.17, 15) is 9.18 Å². The number of ether oxygens (including phenoxy) is 1. The Kier molecular flexibility index (Phi) is 6.95. The summed E-state index contributed by atoms with van der Waals surface area (Å²) in [4.78, 5) is 16.0. The molecule has 0 aliphatic heterocycles. The molecule has 0 aliphatic carbocycles. The van der Waals surface area contributed by atoms with E-state index < -0.39 is 11.7 Å². The van der Waals surface area contributed by atoms with Crippen LogP contribution < -0.4 is 15.8 Å². The molecule has 132 valence electrons. The number of pyridine rings is 1. The molecule has 0 atom stereocenters. The van der Waals surface area contributed by atoms with Crippen molar-refractivity contribution in [2.24, 2.45) is 0 Å². The Morgan fingerprint density at radius 3 is 2.96 bits per heavy atom. The number of rotatable bonds is 8. The lowest BCUT2D eigenvalue weighted by molar-refractivity contribution is 0.0951. The summed E-state index contributed by atoms with van der Waals surface area (Å²) < 4.78 is 19.9. The van der Waals surface area contributed by atoms with Crippen LogP contribution in [-0.2, 0) is 6.54 Å².